The minimum Gasteiger partial charge on any atom is -0.368 e. The molecule has 1 fully saturated rings. The molecule has 140 valence electrons. The molecule has 0 bridgehead atoms. The van der Waals surface area contributed by atoms with E-state index in [2.05, 4.69) is 55.0 Å². The smallest absolute Gasteiger partial charge is 0.224 e. The van der Waals surface area contributed by atoms with Gasteiger partial charge in [0.15, 0.2) is 0 Å². The molecule has 0 radical (unpaired) electrons. The Balaban J connectivity index is 1.58. The third-order valence-corrected chi connectivity index (χ3v) is 5.27. The summed E-state index contributed by atoms with van der Waals surface area (Å²) >= 11 is 0. The van der Waals surface area contributed by atoms with Crippen LogP contribution >= 0.6 is 0 Å². The number of hydrogen-bond acceptors (Lipinski definition) is 3. The largest absolute Gasteiger partial charge is 0.368 e. The molecule has 1 unspecified atom stereocenters. The second kappa shape index (κ2) is 7.52. The minimum atomic E-state index is 0.0910. The topological polar surface area (TPSA) is 41.4 Å². The predicted molar refractivity (Wildman–Crippen MR) is 106 cm³/mol. The third-order valence-electron chi connectivity index (χ3n) is 5.27. The minimum absolute atomic E-state index is 0.0910. The lowest BCUT2D eigenvalue weighted by Gasteiger charge is -2.37. The van der Waals surface area contributed by atoms with E-state index in [1.807, 2.05) is 23.4 Å². The summed E-state index contributed by atoms with van der Waals surface area (Å²) < 4.78 is 1.97. The van der Waals surface area contributed by atoms with Crippen LogP contribution in [-0.2, 0) is 4.79 Å². The summed E-state index contributed by atoms with van der Waals surface area (Å²) in [5, 5.41) is 4.52. The fourth-order valence-electron chi connectivity index (χ4n) is 3.82. The highest BCUT2D eigenvalue weighted by Gasteiger charge is 2.24. The van der Waals surface area contributed by atoms with Crippen molar-refractivity contribution in [1.82, 2.24) is 14.7 Å². The van der Waals surface area contributed by atoms with Gasteiger partial charge in [-0.2, -0.15) is 5.10 Å². The van der Waals surface area contributed by atoms with Gasteiger partial charge >= 0.3 is 0 Å². The molecule has 1 aliphatic heterocycles. The van der Waals surface area contributed by atoms with E-state index in [4.69, 9.17) is 0 Å². The zero-order valence-electron chi connectivity index (χ0n) is 16.6. The quantitative estimate of drug-likeness (QED) is 0.845. The van der Waals surface area contributed by atoms with Crippen LogP contribution in [0.5, 0.6) is 0 Å². The SMILES string of the molecule is Cc1ccc(C)c(N2CCN(C(=O)CC(C)n3nc(C)cc3C)CC2)c1. The van der Waals surface area contributed by atoms with Crippen molar-refractivity contribution in [2.75, 3.05) is 31.1 Å². The molecule has 2 heterocycles. The fraction of sp³-hybridized carbons (Fsp3) is 0.524. The Kier molecular flexibility index (Phi) is 5.35. The van der Waals surface area contributed by atoms with Crippen molar-refractivity contribution in [2.45, 2.75) is 47.1 Å². The van der Waals surface area contributed by atoms with Crippen molar-refractivity contribution in [3.05, 3.63) is 46.8 Å². The lowest BCUT2D eigenvalue weighted by atomic mass is 10.1. The highest BCUT2D eigenvalue weighted by Crippen LogP contribution is 2.23. The van der Waals surface area contributed by atoms with Gasteiger partial charge in [-0.05, 0) is 57.9 Å². The molecule has 2 aromatic rings. The second-order valence-electron chi connectivity index (χ2n) is 7.58. The lowest BCUT2D eigenvalue weighted by Crippen LogP contribution is -2.49. The number of anilines is 1. The van der Waals surface area contributed by atoms with Gasteiger partial charge in [-0.25, -0.2) is 0 Å². The van der Waals surface area contributed by atoms with Gasteiger partial charge in [0.1, 0.15) is 0 Å². The number of nitrogens with zero attached hydrogens (tertiary/aromatic N) is 4. The molecule has 1 atom stereocenters. The molecule has 1 aliphatic rings. The van der Waals surface area contributed by atoms with Crippen molar-refractivity contribution in [3.63, 3.8) is 0 Å². The lowest BCUT2D eigenvalue weighted by molar-refractivity contribution is -0.132. The van der Waals surface area contributed by atoms with Gasteiger partial charge in [-0.15, -0.1) is 0 Å². The summed E-state index contributed by atoms with van der Waals surface area (Å²) in [6, 6.07) is 8.73. The van der Waals surface area contributed by atoms with E-state index in [-0.39, 0.29) is 11.9 Å². The maximum absolute atomic E-state index is 12.7. The molecule has 0 aliphatic carbocycles. The van der Waals surface area contributed by atoms with Gasteiger partial charge in [-0.1, -0.05) is 12.1 Å². The van der Waals surface area contributed by atoms with Crippen LogP contribution < -0.4 is 4.90 Å². The van der Waals surface area contributed by atoms with Crippen LogP contribution in [-0.4, -0.2) is 46.8 Å². The third kappa shape index (κ3) is 3.92. The standard InChI is InChI=1S/C21H30N4O/c1-15-6-7-16(2)20(12-15)23-8-10-24(11-9-23)21(26)14-19(5)25-18(4)13-17(3)22-25/h6-7,12-13,19H,8-11,14H2,1-5H3. The number of amides is 1. The zero-order chi connectivity index (χ0) is 18.8. The first kappa shape index (κ1) is 18.5. The molecule has 0 saturated carbocycles. The number of benzene rings is 1. The summed E-state index contributed by atoms with van der Waals surface area (Å²) in [6.07, 6.45) is 0.505. The highest BCUT2D eigenvalue weighted by atomic mass is 16.2. The highest BCUT2D eigenvalue weighted by molar-refractivity contribution is 5.77. The maximum atomic E-state index is 12.7. The Morgan fingerprint density at radius 1 is 1.08 bits per heavy atom. The van der Waals surface area contributed by atoms with E-state index in [1.54, 1.807) is 0 Å². The Morgan fingerprint density at radius 3 is 2.38 bits per heavy atom. The summed E-state index contributed by atoms with van der Waals surface area (Å²) in [5.41, 5.74) is 6.00. The first-order valence-electron chi connectivity index (χ1n) is 9.48. The molecular formula is C21H30N4O. The molecule has 1 aromatic carbocycles. The molecule has 0 N–H and O–H groups in total. The van der Waals surface area contributed by atoms with Crippen LogP contribution in [0.4, 0.5) is 5.69 Å². The van der Waals surface area contributed by atoms with Gasteiger partial charge in [0.05, 0.1) is 11.7 Å². The molecule has 1 aromatic heterocycles. The van der Waals surface area contributed by atoms with Gasteiger partial charge in [-0.3, -0.25) is 9.48 Å². The molecule has 5 heteroatoms. The van der Waals surface area contributed by atoms with Gasteiger partial charge in [0.25, 0.3) is 0 Å². The normalized spacial score (nSPS) is 16.0. The van der Waals surface area contributed by atoms with Gasteiger partial charge in [0, 0.05) is 44.0 Å². The van der Waals surface area contributed by atoms with E-state index < -0.39 is 0 Å². The van der Waals surface area contributed by atoms with Crippen molar-refractivity contribution in [2.24, 2.45) is 0 Å². The van der Waals surface area contributed by atoms with Crippen LogP contribution in [0.2, 0.25) is 0 Å². The van der Waals surface area contributed by atoms with Gasteiger partial charge in [0.2, 0.25) is 5.91 Å². The summed E-state index contributed by atoms with van der Waals surface area (Å²) in [5.74, 6) is 0.227. The van der Waals surface area contributed by atoms with Crippen LogP contribution in [0, 0.1) is 27.7 Å². The first-order valence-corrected chi connectivity index (χ1v) is 9.48. The van der Waals surface area contributed by atoms with Crippen molar-refractivity contribution in [1.29, 1.82) is 0 Å². The van der Waals surface area contributed by atoms with Crippen molar-refractivity contribution >= 4 is 11.6 Å². The number of aromatic nitrogens is 2. The van der Waals surface area contributed by atoms with E-state index in [0.29, 0.717) is 6.42 Å². The summed E-state index contributed by atoms with van der Waals surface area (Å²) in [7, 11) is 0. The molecular weight excluding hydrogens is 324 g/mol. The van der Waals surface area contributed by atoms with Crippen molar-refractivity contribution in [3.8, 4) is 0 Å². The van der Waals surface area contributed by atoms with E-state index >= 15 is 0 Å². The Morgan fingerprint density at radius 2 is 1.77 bits per heavy atom. The van der Waals surface area contributed by atoms with E-state index in [1.165, 1.54) is 16.8 Å². The first-order chi connectivity index (χ1) is 12.3. The monoisotopic (exact) mass is 354 g/mol. The zero-order valence-corrected chi connectivity index (χ0v) is 16.6. The average Bonchev–Trinajstić information content (AvgIpc) is 2.95. The number of carbonyl (C=O) groups excluding carboxylic acids is 1. The van der Waals surface area contributed by atoms with Crippen LogP contribution in [0.15, 0.2) is 24.3 Å². The Bertz CT molecular complexity index is 787. The molecule has 0 spiro atoms. The van der Waals surface area contributed by atoms with Crippen LogP contribution in [0.1, 0.15) is 41.9 Å². The summed E-state index contributed by atoms with van der Waals surface area (Å²) in [4.78, 5) is 17.1. The number of aryl methyl sites for hydroxylation is 4. The fourth-order valence-corrected chi connectivity index (χ4v) is 3.82. The molecule has 1 amide bonds. The van der Waals surface area contributed by atoms with Gasteiger partial charge < -0.3 is 9.80 Å². The van der Waals surface area contributed by atoms with Crippen LogP contribution in [0.25, 0.3) is 0 Å². The number of piperazine rings is 1. The Hall–Kier alpha value is -2.30. The predicted octanol–water partition coefficient (Wildman–Crippen LogP) is 3.42. The van der Waals surface area contributed by atoms with Crippen LogP contribution in [0.3, 0.4) is 0 Å². The Labute approximate surface area is 156 Å². The molecule has 26 heavy (non-hydrogen) atoms. The second-order valence-corrected chi connectivity index (χ2v) is 7.58. The maximum Gasteiger partial charge on any atom is 0.224 e. The number of carbonyl (C=O) groups is 1. The molecule has 1 saturated heterocycles. The van der Waals surface area contributed by atoms with E-state index in [9.17, 15) is 4.79 Å². The number of rotatable bonds is 4. The molecule has 3 rings (SSSR count). The number of hydrogen-bond donors (Lipinski definition) is 0. The molecule has 5 nitrogen and oxygen atoms in total. The van der Waals surface area contributed by atoms with E-state index in [0.717, 1.165) is 37.6 Å². The average molecular weight is 354 g/mol. The van der Waals surface area contributed by atoms with Crippen molar-refractivity contribution < 1.29 is 4.79 Å². The summed E-state index contributed by atoms with van der Waals surface area (Å²) in [6.45, 7) is 13.8.